The second kappa shape index (κ2) is 10.8. The highest BCUT2D eigenvalue weighted by Crippen LogP contribution is 2.29. The average molecular weight is 547 g/mol. The normalized spacial score (nSPS) is 10.4. The number of amides is 2. The monoisotopic (exact) mass is 544 g/mol. The molecule has 0 aliphatic rings. The highest BCUT2D eigenvalue weighted by Gasteiger charge is 2.13. The molecule has 0 spiro atoms. The first-order valence-corrected chi connectivity index (χ1v) is 10.6. The third kappa shape index (κ3) is 7.45. The lowest BCUT2D eigenvalue weighted by atomic mass is 10.2. The number of carbonyl (C=O) groups is 3. The molecule has 0 saturated heterocycles. The Kier molecular flexibility index (Phi) is 8.67. The molecule has 0 aromatic heterocycles. The Morgan fingerprint density at radius 3 is 2.28 bits per heavy atom. The second-order valence-electron chi connectivity index (χ2n) is 6.30. The molecule has 2 amide bonds. The lowest BCUT2D eigenvalue weighted by molar-refractivity contribution is -0.147. The summed E-state index contributed by atoms with van der Waals surface area (Å²) < 4.78 is 6.56. The fourth-order valence-corrected chi connectivity index (χ4v) is 3.48. The third-order valence-corrected chi connectivity index (χ3v) is 5.61. The van der Waals surface area contributed by atoms with E-state index in [9.17, 15) is 14.4 Å². The Bertz CT molecular complexity index is 950. The molecule has 6 nitrogen and oxygen atoms in total. The largest absolute Gasteiger partial charge is 0.456 e. The van der Waals surface area contributed by atoms with Gasteiger partial charge in [-0.05, 0) is 71.2 Å². The van der Waals surface area contributed by atoms with Crippen molar-refractivity contribution >= 4 is 72.6 Å². The van der Waals surface area contributed by atoms with Crippen LogP contribution in [0.25, 0.3) is 0 Å². The zero-order valence-electron chi connectivity index (χ0n) is 15.8. The number of esters is 1. The summed E-state index contributed by atoms with van der Waals surface area (Å²) in [5.41, 5.74) is 2.91. The molecule has 0 atom stereocenters. The van der Waals surface area contributed by atoms with Gasteiger partial charge in [0.1, 0.15) is 0 Å². The van der Waals surface area contributed by atoms with Crippen molar-refractivity contribution < 1.29 is 19.1 Å². The van der Waals surface area contributed by atoms with Crippen molar-refractivity contribution in [2.75, 3.05) is 17.2 Å². The summed E-state index contributed by atoms with van der Waals surface area (Å²) in [6, 6.07) is 8.85. The van der Waals surface area contributed by atoms with E-state index in [1.165, 1.54) is 0 Å². The van der Waals surface area contributed by atoms with Gasteiger partial charge in [0.15, 0.2) is 6.61 Å². The lowest BCUT2D eigenvalue weighted by Gasteiger charge is -2.11. The maximum absolute atomic E-state index is 12.0. The highest BCUT2D eigenvalue weighted by atomic mass is 79.9. The van der Waals surface area contributed by atoms with Gasteiger partial charge in [0.2, 0.25) is 5.91 Å². The topological polar surface area (TPSA) is 84.5 Å². The van der Waals surface area contributed by atoms with Crippen LogP contribution in [0.15, 0.2) is 39.3 Å². The molecule has 0 heterocycles. The van der Waals surface area contributed by atoms with Gasteiger partial charge in [0.25, 0.3) is 5.91 Å². The average Bonchev–Trinajstić information content (AvgIpc) is 2.65. The molecule has 0 unspecified atom stereocenters. The van der Waals surface area contributed by atoms with Crippen LogP contribution in [0, 0.1) is 13.8 Å². The van der Waals surface area contributed by atoms with Crippen LogP contribution in [0.4, 0.5) is 11.4 Å². The van der Waals surface area contributed by atoms with Gasteiger partial charge < -0.3 is 15.4 Å². The van der Waals surface area contributed by atoms with Crippen LogP contribution in [-0.2, 0) is 19.1 Å². The van der Waals surface area contributed by atoms with Crippen molar-refractivity contribution in [1.82, 2.24) is 0 Å². The Hall–Kier alpha value is -1.90. The second-order valence-corrected chi connectivity index (χ2v) is 8.47. The molecule has 2 aromatic rings. The highest BCUT2D eigenvalue weighted by molar-refractivity contribution is 9.10. The molecule has 9 heteroatoms. The number of rotatable bonds is 7. The zero-order valence-corrected chi connectivity index (χ0v) is 19.7. The Morgan fingerprint density at radius 2 is 1.59 bits per heavy atom. The first kappa shape index (κ1) is 23.4. The van der Waals surface area contributed by atoms with Crippen LogP contribution < -0.4 is 10.6 Å². The molecular weight excluding hydrogens is 527 g/mol. The van der Waals surface area contributed by atoms with Crippen molar-refractivity contribution in [3.8, 4) is 0 Å². The summed E-state index contributed by atoms with van der Waals surface area (Å²) in [7, 11) is 0. The molecule has 0 radical (unpaired) electrons. The minimum absolute atomic E-state index is 0.0443. The quantitative estimate of drug-likeness (QED) is 0.457. The summed E-state index contributed by atoms with van der Waals surface area (Å²) in [6.07, 6.45) is -0.171. The standard InChI is InChI=1S/C20H19Br2ClN2O4/c1-11-7-13(21)3-4-16(11)24-18(26)5-6-20(28)29-10-19(27)25-17-9-15(23)14(22)8-12(17)2/h3-4,7-9H,5-6,10H2,1-2H3,(H,24,26)(H,25,27). The van der Waals surface area contributed by atoms with E-state index in [4.69, 9.17) is 16.3 Å². The minimum Gasteiger partial charge on any atom is -0.456 e. The zero-order chi connectivity index (χ0) is 21.6. The molecule has 154 valence electrons. The molecule has 2 N–H and O–H groups in total. The predicted molar refractivity (Wildman–Crippen MR) is 120 cm³/mol. The number of halogens is 3. The van der Waals surface area contributed by atoms with Gasteiger partial charge in [0, 0.05) is 26.7 Å². The Balaban J connectivity index is 1.75. The first-order chi connectivity index (χ1) is 13.7. The molecule has 2 aromatic carbocycles. The number of ether oxygens (including phenoxy) is 1. The van der Waals surface area contributed by atoms with E-state index in [1.807, 2.05) is 26.0 Å². The van der Waals surface area contributed by atoms with E-state index in [0.29, 0.717) is 16.4 Å². The molecule has 0 saturated carbocycles. The first-order valence-electron chi connectivity index (χ1n) is 8.63. The van der Waals surface area contributed by atoms with Crippen molar-refractivity contribution in [3.63, 3.8) is 0 Å². The smallest absolute Gasteiger partial charge is 0.306 e. The summed E-state index contributed by atoms with van der Waals surface area (Å²) in [6.45, 7) is 3.24. The van der Waals surface area contributed by atoms with Gasteiger partial charge in [-0.3, -0.25) is 14.4 Å². The summed E-state index contributed by atoms with van der Waals surface area (Å²) in [4.78, 5) is 35.8. The van der Waals surface area contributed by atoms with Gasteiger partial charge in [-0.25, -0.2) is 0 Å². The van der Waals surface area contributed by atoms with Gasteiger partial charge in [-0.1, -0.05) is 27.5 Å². The van der Waals surface area contributed by atoms with Crippen LogP contribution in [-0.4, -0.2) is 24.4 Å². The number of nitrogens with one attached hydrogen (secondary N) is 2. The number of hydrogen-bond acceptors (Lipinski definition) is 4. The number of hydrogen-bond donors (Lipinski definition) is 2. The summed E-state index contributed by atoms with van der Waals surface area (Å²) >= 11 is 12.7. The molecule has 0 aliphatic heterocycles. The lowest BCUT2D eigenvalue weighted by Crippen LogP contribution is -2.22. The predicted octanol–water partition coefficient (Wildman–Crippen LogP) is 5.38. The van der Waals surface area contributed by atoms with E-state index >= 15 is 0 Å². The van der Waals surface area contributed by atoms with E-state index in [2.05, 4.69) is 42.5 Å². The van der Waals surface area contributed by atoms with Gasteiger partial charge in [-0.2, -0.15) is 0 Å². The fourth-order valence-electron chi connectivity index (χ4n) is 2.38. The van der Waals surface area contributed by atoms with Crippen LogP contribution in [0.2, 0.25) is 5.02 Å². The maximum atomic E-state index is 12.0. The number of benzene rings is 2. The van der Waals surface area contributed by atoms with Crippen molar-refractivity contribution in [2.24, 2.45) is 0 Å². The number of anilines is 2. The van der Waals surface area contributed by atoms with Gasteiger partial charge >= 0.3 is 5.97 Å². The molecule has 0 aliphatic carbocycles. The van der Waals surface area contributed by atoms with E-state index in [1.54, 1.807) is 18.2 Å². The molecule has 0 fully saturated rings. The van der Waals surface area contributed by atoms with Gasteiger partial charge in [-0.15, -0.1) is 0 Å². The van der Waals surface area contributed by atoms with E-state index in [0.717, 1.165) is 20.1 Å². The molecule has 2 rings (SSSR count). The third-order valence-electron chi connectivity index (χ3n) is 3.92. The molecule has 29 heavy (non-hydrogen) atoms. The fraction of sp³-hybridized carbons (Fsp3) is 0.250. The number of carbonyl (C=O) groups excluding carboxylic acids is 3. The van der Waals surface area contributed by atoms with Crippen LogP contribution in [0.3, 0.4) is 0 Å². The van der Waals surface area contributed by atoms with Crippen LogP contribution >= 0.6 is 43.5 Å². The van der Waals surface area contributed by atoms with Gasteiger partial charge in [0.05, 0.1) is 11.4 Å². The Morgan fingerprint density at radius 1 is 0.931 bits per heavy atom. The Labute approximate surface area is 190 Å². The minimum atomic E-state index is -0.631. The van der Waals surface area contributed by atoms with E-state index < -0.39 is 18.5 Å². The van der Waals surface area contributed by atoms with E-state index in [-0.39, 0.29) is 18.7 Å². The van der Waals surface area contributed by atoms with Crippen LogP contribution in [0.5, 0.6) is 0 Å². The maximum Gasteiger partial charge on any atom is 0.306 e. The summed E-state index contributed by atoms with van der Waals surface area (Å²) in [5, 5.41) is 5.83. The molecular formula is C20H19Br2ClN2O4. The number of aryl methyl sites for hydroxylation is 2. The van der Waals surface area contributed by atoms with Crippen LogP contribution in [0.1, 0.15) is 24.0 Å². The van der Waals surface area contributed by atoms with Crippen molar-refractivity contribution in [1.29, 1.82) is 0 Å². The SMILES string of the molecule is Cc1cc(Br)ccc1NC(=O)CCC(=O)OCC(=O)Nc1cc(Cl)c(Br)cc1C. The van der Waals surface area contributed by atoms with Crippen molar-refractivity contribution in [2.45, 2.75) is 26.7 Å². The summed E-state index contributed by atoms with van der Waals surface area (Å²) in [5.74, 6) is -1.43. The molecule has 0 bridgehead atoms. The van der Waals surface area contributed by atoms with Crippen molar-refractivity contribution in [3.05, 3.63) is 55.4 Å².